The number of amides is 1. The number of likely N-dealkylation sites (tertiary alicyclic amines) is 1. The van der Waals surface area contributed by atoms with Crippen LogP contribution in [0.2, 0.25) is 0 Å². The Labute approximate surface area is 174 Å². The van der Waals surface area contributed by atoms with Gasteiger partial charge < -0.3 is 9.80 Å². The van der Waals surface area contributed by atoms with Gasteiger partial charge in [0.25, 0.3) is 5.91 Å². The number of nitrogens with one attached hydrogen (secondary N) is 1. The number of carbonyl (C=O) groups excluding carboxylic acids is 1. The molecule has 2 saturated heterocycles. The topological polar surface area (TPSA) is 78.0 Å². The number of halogens is 1. The van der Waals surface area contributed by atoms with Gasteiger partial charge in [0.1, 0.15) is 5.82 Å². The van der Waals surface area contributed by atoms with E-state index in [0.717, 1.165) is 30.3 Å². The Bertz CT molecular complexity index is 1080. The first-order chi connectivity index (χ1) is 14.5. The minimum Gasteiger partial charge on any atom is -0.337 e. The Morgan fingerprint density at radius 2 is 1.97 bits per heavy atom. The highest BCUT2D eigenvalue weighted by atomic mass is 19.1. The molecule has 4 heterocycles. The number of benzene rings is 1. The third kappa shape index (κ3) is 3.12. The van der Waals surface area contributed by atoms with Crippen LogP contribution in [0.25, 0.3) is 11.3 Å². The summed E-state index contributed by atoms with van der Waals surface area (Å²) in [7, 11) is 0. The molecule has 1 amide bonds. The molecule has 2 fully saturated rings. The zero-order valence-corrected chi connectivity index (χ0v) is 17.0. The van der Waals surface area contributed by atoms with Gasteiger partial charge >= 0.3 is 0 Å². The lowest BCUT2D eigenvalue weighted by atomic mass is 9.82. The zero-order chi connectivity index (χ0) is 20.8. The lowest BCUT2D eigenvalue weighted by Gasteiger charge is -2.53. The van der Waals surface area contributed by atoms with Crippen molar-refractivity contribution in [1.29, 1.82) is 0 Å². The summed E-state index contributed by atoms with van der Waals surface area (Å²) in [5.74, 6) is 0.657. The molecule has 0 bridgehead atoms. The Balaban J connectivity index is 1.40. The van der Waals surface area contributed by atoms with Crippen LogP contribution in [0.4, 0.5) is 10.3 Å². The third-order valence-corrected chi connectivity index (χ3v) is 6.08. The molecule has 7 nitrogen and oxygen atoms in total. The molecule has 0 radical (unpaired) electrons. The summed E-state index contributed by atoms with van der Waals surface area (Å²) >= 11 is 0. The van der Waals surface area contributed by atoms with Gasteiger partial charge in [0.05, 0.1) is 17.3 Å². The van der Waals surface area contributed by atoms with Gasteiger partial charge in [0.2, 0.25) is 5.95 Å². The number of fused-ring (bicyclic) bond motifs is 1. The molecule has 2 aliphatic rings. The van der Waals surface area contributed by atoms with Crippen molar-refractivity contribution in [2.75, 3.05) is 24.5 Å². The number of anilines is 1. The molecule has 2 aromatic heterocycles. The van der Waals surface area contributed by atoms with E-state index in [1.807, 2.05) is 24.8 Å². The predicted molar refractivity (Wildman–Crippen MR) is 111 cm³/mol. The van der Waals surface area contributed by atoms with Crippen LogP contribution in [-0.2, 0) is 0 Å². The lowest BCUT2D eigenvalue weighted by Crippen LogP contribution is -2.65. The van der Waals surface area contributed by atoms with E-state index in [-0.39, 0.29) is 17.5 Å². The maximum absolute atomic E-state index is 14.6. The van der Waals surface area contributed by atoms with Gasteiger partial charge in [-0.05, 0) is 44.5 Å². The molecule has 0 aliphatic carbocycles. The molecular weight excluding hydrogens is 383 g/mol. The van der Waals surface area contributed by atoms with Crippen molar-refractivity contribution >= 4 is 11.9 Å². The second-order valence-corrected chi connectivity index (χ2v) is 8.10. The first-order valence-corrected chi connectivity index (χ1v) is 10.2. The number of hydrogen-bond acceptors (Lipinski definition) is 5. The molecule has 2 atom stereocenters. The van der Waals surface area contributed by atoms with Crippen molar-refractivity contribution in [1.82, 2.24) is 25.1 Å². The summed E-state index contributed by atoms with van der Waals surface area (Å²) in [6.45, 7) is 6.09. The van der Waals surface area contributed by atoms with E-state index >= 15 is 0 Å². The Kier molecular flexibility index (Phi) is 4.49. The second-order valence-electron chi connectivity index (χ2n) is 8.10. The molecule has 0 spiro atoms. The molecule has 30 heavy (non-hydrogen) atoms. The molecular formula is C22H23FN6O. The summed E-state index contributed by atoms with van der Waals surface area (Å²) in [4.78, 5) is 26.6. The van der Waals surface area contributed by atoms with E-state index in [0.29, 0.717) is 30.3 Å². The molecule has 154 valence electrons. The van der Waals surface area contributed by atoms with Crippen LogP contribution >= 0.6 is 0 Å². The van der Waals surface area contributed by atoms with Gasteiger partial charge in [0.15, 0.2) is 0 Å². The fourth-order valence-corrected chi connectivity index (χ4v) is 4.59. The van der Waals surface area contributed by atoms with Crippen LogP contribution in [0.15, 0.2) is 36.5 Å². The monoisotopic (exact) mass is 406 g/mol. The number of aromatic amines is 1. The Morgan fingerprint density at radius 1 is 1.17 bits per heavy atom. The number of carbonyl (C=O) groups is 1. The Morgan fingerprint density at radius 3 is 2.70 bits per heavy atom. The average molecular weight is 406 g/mol. The van der Waals surface area contributed by atoms with Crippen LogP contribution in [-0.4, -0.2) is 56.6 Å². The smallest absolute Gasteiger partial charge is 0.254 e. The number of piperidine rings is 1. The standard InChI is InChI=1S/C22H23FN6O/c1-13-10-14(2)26-22(25-13)29-11-15-7-9-28(12-19(15)29)21(30)16-4-3-5-17(23)20(16)18-6-8-24-27-18/h3-6,8,10,15,19H,7,9,11-12H2,1-2H3,(H,24,27)/t15-,19?/m0/s1. The van der Waals surface area contributed by atoms with Gasteiger partial charge in [-0.2, -0.15) is 5.10 Å². The highest BCUT2D eigenvalue weighted by molar-refractivity contribution is 6.00. The SMILES string of the molecule is Cc1cc(C)nc(N2C[C@@H]3CCN(C(=O)c4cccc(F)c4-c4ccn[nH]4)CC32)n1. The number of hydrogen-bond donors (Lipinski definition) is 1. The van der Waals surface area contributed by atoms with Crippen molar-refractivity contribution in [2.24, 2.45) is 5.92 Å². The zero-order valence-electron chi connectivity index (χ0n) is 17.0. The quantitative estimate of drug-likeness (QED) is 0.724. The van der Waals surface area contributed by atoms with E-state index in [4.69, 9.17) is 0 Å². The summed E-state index contributed by atoms with van der Waals surface area (Å²) in [6, 6.07) is 8.44. The molecule has 1 aromatic carbocycles. The van der Waals surface area contributed by atoms with Crippen molar-refractivity contribution < 1.29 is 9.18 Å². The van der Waals surface area contributed by atoms with Crippen LogP contribution in [0.3, 0.4) is 0 Å². The van der Waals surface area contributed by atoms with E-state index in [1.54, 1.807) is 24.4 Å². The average Bonchev–Trinajstić information content (AvgIpc) is 3.22. The van der Waals surface area contributed by atoms with Crippen LogP contribution < -0.4 is 4.90 Å². The van der Waals surface area contributed by atoms with Crippen molar-refractivity contribution in [2.45, 2.75) is 26.3 Å². The van der Waals surface area contributed by atoms with Crippen molar-refractivity contribution in [3.05, 3.63) is 59.3 Å². The minimum atomic E-state index is -0.436. The van der Waals surface area contributed by atoms with E-state index in [1.165, 1.54) is 6.07 Å². The lowest BCUT2D eigenvalue weighted by molar-refractivity contribution is 0.0589. The first-order valence-electron chi connectivity index (χ1n) is 10.2. The summed E-state index contributed by atoms with van der Waals surface area (Å²) in [6.07, 6.45) is 2.48. The predicted octanol–water partition coefficient (Wildman–Crippen LogP) is 2.97. The summed E-state index contributed by atoms with van der Waals surface area (Å²) in [5, 5.41) is 6.68. The molecule has 5 rings (SSSR count). The summed E-state index contributed by atoms with van der Waals surface area (Å²) in [5.41, 5.74) is 3.00. The van der Waals surface area contributed by atoms with E-state index in [9.17, 15) is 9.18 Å². The largest absolute Gasteiger partial charge is 0.337 e. The fraction of sp³-hybridized carbons (Fsp3) is 0.364. The van der Waals surface area contributed by atoms with Crippen LogP contribution in [0, 0.1) is 25.6 Å². The van der Waals surface area contributed by atoms with Crippen LogP contribution in [0.1, 0.15) is 28.2 Å². The summed E-state index contributed by atoms with van der Waals surface area (Å²) < 4.78 is 14.6. The third-order valence-electron chi connectivity index (χ3n) is 6.08. The Hall–Kier alpha value is -3.29. The van der Waals surface area contributed by atoms with Gasteiger partial charge in [-0.1, -0.05) is 6.07 Å². The number of H-pyrrole nitrogens is 1. The molecule has 3 aromatic rings. The maximum Gasteiger partial charge on any atom is 0.254 e. The van der Waals surface area contributed by atoms with Crippen molar-refractivity contribution in [3.8, 4) is 11.3 Å². The number of aromatic nitrogens is 4. The number of nitrogens with zero attached hydrogens (tertiary/aromatic N) is 5. The number of aryl methyl sites for hydroxylation is 2. The van der Waals surface area contributed by atoms with Crippen molar-refractivity contribution in [3.63, 3.8) is 0 Å². The molecule has 1 unspecified atom stereocenters. The molecule has 1 N–H and O–H groups in total. The number of rotatable bonds is 3. The minimum absolute atomic E-state index is 0.161. The molecule has 0 saturated carbocycles. The first kappa shape index (κ1) is 18.7. The van der Waals surface area contributed by atoms with Gasteiger partial charge in [-0.3, -0.25) is 9.89 Å². The molecule has 8 heteroatoms. The maximum atomic E-state index is 14.6. The van der Waals surface area contributed by atoms with Gasteiger partial charge in [0, 0.05) is 48.7 Å². The fourth-order valence-electron chi connectivity index (χ4n) is 4.59. The highest BCUT2D eigenvalue weighted by Crippen LogP contribution is 2.36. The second kappa shape index (κ2) is 7.19. The van der Waals surface area contributed by atoms with Gasteiger partial charge in [-0.15, -0.1) is 0 Å². The van der Waals surface area contributed by atoms with E-state index < -0.39 is 5.82 Å². The molecule has 2 aliphatic heterocycles. The highest BCUT2D eigenvalue weighted by Gasteiger charge is 2.45. The normalized spacial score (nSPS) is 20.6. The van der Waals surface area contributed by atoms with E-state index in [2.05, 4.69) is 25.1 Å². The van der Waals surface area contributed by atoms with Gasteiger partial charge in [-0.25, -0.2) is 14.4 Å². The van der Waals surface area contributed by atoms with Crippen LogP contribution in [0.5, 0.6) is 0 Å².